The van der Waals surface area contributed by atoms with Gasteiger partial charge >= 0.3 is 5.97 Å². The maximum absolute atomic E-state index is 13.6. The first-order valence-corrected chi connectivity index (χ1v) is 14.6. The lowest BCUT2D eigenvalue weighted by molar-refractivity contribution is -0.144. The van der Waals surface area contributed by atoms with Gasteiger partial charge < -0.3 is 34.9 Å². The van der Waals surface area contributed by atoms with Crippen LogP contribution in [0.15, 0.2) is 12.1 Å². The molecule has 11 heteroatoms. The van der Waals surface area contributed by atoms with Gasteiger partial charge in [0.2, 0.25) is 24.4 Å². The molecule has 40 heavy (non-hydrogen) atoms. The third kappa shape index (κ3) is 6.80. The van der Waals surface area contributed by atoms with Crippen molar-refractivity contribution in [2.45, 2.75) is 63.8 Å². The molecule has 4 rings (SSSR count). The van der Waals surface area contributed by atoms with Gasteiger partial charge in [-0.05, 0) is 56.3 Å². The molecule has 2 saturated heterocycles. The lowest BCUT2D eigenvalue weighted by Crippen LogP contribution is -2.45. The normalized spacial score (nSPS) is 22.2. The summed E-state index contributed by atoms with van der Waals surface area (Å²) in [6, 6.07) is 3.24. The highest BCUT2D eigenvalue weighted by molar-refractivity contribution is 5.79. The summed E-state index contributed by atoms with van der Waals surface area (Å²) in [5, 5.41) is 10.5. The number of amides is 2. The Morgan fingerprint density at radius 2 is 2.00 bits per heavy atom. The second kappa shape index (κ2) is 14.0. The molecule has 1 aromatic rings. The number of nitrogens with zero attached hydrogens (tertiary/aromatic N) is 3. The van der Waals surface area contributed by atoms with E-state index in [9.17, 15) is 19.5 Å². The van der Waals surface area contributed by atoms with E-state index in [1.807, 2.05) is 26.8 Å². The molecule has 3 atom stereocenters. The Bertz CT molecular complexity index is 1050. The lowest BCUT2D eigenvalue weighted by atomic mass is 9.84. The zero-order chi connectivity index (χ0) is 28.6. The molecule has 1 unspecified atom stereocenters. The maximum Gasteiger partial charge on any atom is 0.308 e. The van der Waals surface area contributed by atoms with E-state index in [0.717, 1.165) is 37.7 Å². The van der Waals surface area contributed by atoms with Crippen molar-refractivity contribution in [3.8, 4) is 17.2 Å². The Morgan fingerprint density at radius 3 is 2.67 bits per heavy atom. The van der Waals surface area contributed by atoms with Crippen LogP contribution in [0, 0.1) is 5.92 Å². The summed E-state index contributed by atoms with van der Waals surface area (Å²) in [5.74, 6) is -0.440. The molecule has 2 fully saturated rings. The number of carbonyl (C=O) groups is 3. The van der Waals surface area contributed by atoms with Crippen molar-refractivity contribution in [1.29, 1.82) is 0 Å². The average molecular weight is 561 g/mol. The third-order valence-corrected chi connectivity index (χ3v) is 8.36. The standard InChI is InChI=1S/C29H44N4O7/c1-3-4-11-31(12-6-5-10-30)26(35)18-33-17-21(20-15-23(38-2)28-24(16-20)39-19-40-28)27(29(36)37)22(33)9-14-32-13-7-8-25(32)34/h15-16,21-22,27H,3-14,17-19,30H2,1-2H3,(H,36,37)/t21-,22+,27?/m1/s1. The van der Waals surface area contributed by atoms with Crippen LogP contribution in [0.25, 0.3) is 0 Å². The molecule has 11 nitrogen and oxygen atoms in total. The average Bonchev–Trinajstić information content (AvgIpc) is 3.67. The van der Waals surface area contributed by atoms with Gasteiger partial charge in [0.05, 0.1) is 19.6 Å². The van der Waals surface area contributed by atoms with Crippen molar-refractivity contribution in [3.63, 3.8) is 0 Å². The number of ether oxygens (including phenoxy) is 3. The van der Waals surface area contributed by atoms with Gasteiger partial charge in [0, 0.05) is 51.1 Å². The quantitative estimate of drug-likeness (QED) is 0.310. The number of likely N-dealkylation sites (tertiary alicyclic amines) is 2. The van der Waals surface area contributed by atoms with Gasteiger partial charge in [-0.3, -0.25) is 19.3 Å². The first-order chi connectivity index (χ1) is 19.4. The molecule has 1 aromatic carbocycles. The van der Waals surface area contributed by atoms with Crippen molar-refractivity contribution >= 4 is 17.8 Å². The molecule has 0 aromatic heterocycles. The van der Waals surface area contributed by atoms with Gasteiger partial charge in [0.25, 0.3) is 0 Å². The van der Waals surface area contributed by atoms with E-state index in [4.69, 9.17) is 19.9 Å². The Labute approximate surface area is 236 Å². The van der Waals surface area contributed by atoms with Crippen molar-refractivity contribution in [3.05, 3.63) is 17.7 Å². The summed E-state index contributed by atoms with van der Waals surface area (Å²) in [6.07, 6.45) is 5.41. The lowest BCUT2D eigenvalue weighted by Gasteiger charge is -2.30. The van der Waals surface area contributed by atoms with Gasteiger partial charge in [-0.2, -0.15) is 0 Å². The fourth-order valence-electron chi connectivity index (χ4n) is 6.21. The summed E-state index contributed by atoms with van der Waals surface area (Å²) in [7, 11) is 1.54. The number of hydrogen-bond donors (Lipinski definition) is 2. The van der Waals surface area contributed by atoms with Gasteiger partial charge in [-0.15, -0.1) is 0 Å². The smallest absolute Gasteiger partial charge is 0.308 e. The van der Waals surface area contributed by atoms with E-state index in [-0.39, 0.29) is 25.2 Å². The second-order valence-corrected chi connectivity index (χ2v) is 10.9. The second-order valence-electron chi connectivity index (χ2n) is 10.9. The summed E-state index contributed by atoms with van der Waals surface area (Å²) >= 11 is 0. The number of nitrogens with two attached hydrogens (primary N) is 1. The summed E-state index contributed by atoms with van der Waals surface area (Å²) in [5.41, 5.74) is 6.46. The van der Waals surface area contributed by atoms with E-state index in [1.165, 1.54) is 0 Å². The molecular formula is C29H44N4O7. The zero-order valence-corrected chi connectivity index (χ0v) is 23.8. The van der Waals surface area contributed by atoms with Crippen LogP contribution < -0.4 is 19.9 Å². The molecule has 0 saturated carbocycles. The van der Waals surface area contributed by atoms with Crippen LogP contribution in [-0.4, -0.2) is 103 Å². The molecular weight excluding hydrogens is 516 g/mol. The molecule has 2 amide bonds. The summed E-state index contributed by atoms with van der Waals surface area (Å²) in [6.45, 7) is 5.77. The number of carboxylic acids is 1. The highest BCUT2D eigenvalue weighted by Crippen LogP contribution is 2.47. The minimum atomic E-state index is -0.917. The summed E-state index contributed by atoms with van der Waals surface area (Å²) in [4.78, 5) is 44.5. The van der Waals surface area contributed by atoms with Crippen LogP contribution in [0.3, 0.4) is 0 Å². The number of hydrogen-bond acceptors (Lipinski definition) is 8. The molecule has 0 bridgehead atoms. The van der Waals surface area contributed by atoms with Crippen molar-refractivity contribution < 1.29 is 33.7 Å². The minimum absolute atomic E-state index is 0.000719. The molecule has 3 aliphatic rings. The fraction of sp³-hybridized carbons (Fsp3) is 0.690. The number of aliphatic carboxylic acids is 1. The van der Waals surface area contributed by atoms with Gasteiger partial charge in [0.1, 0.15) is 0 Å². The van der Waals surface area contributed by atoms with Gasteiger partial charge in [0.15, 0.2) is 11.5 Å². The number of benzene rings is 1. The topological polar surface area (TPSA) is 135 Å². The van der Waals surface area contributed by atoms with Crippen molar-refractivity contribution in [2.75, 3.05) is 59.7 Å². The van der Waals surface area contributed by atoms with Crippen LogP contribution >= 0.6 is 0 Å². The van der Waals surface area contributed by atoms with E-state index in [1.54, 1.807) is 7.11 Å². The van der Waals surface area contributed by atoms with E-state index >= 15 is 0 Å². The molecule has 0 spiro atoms. The molecule has 0 radical (unpaired) electrons. The van der Waals surface area contributed by atoms with Gasteiger partial charge in [-0.25, -0.2) is 0 Å². The highest BCUT2D eigenvalue weighted by atomic mass is 16.7. The highest BCUT2D eigenvalue weighted by Gasteiger charge is 2.48. The number of methoxy groups -OCH3 is 1. The fourth-order valence-corrected chi connectivity index (χ4v) is 6.21. The molecule has 0 aliphatic carbocycles. The van der Waals surface area contributed by atoms with Crippen LogP contribution in [-0.2, 0) is 14.4 Å². The number of carbonyl (C=O) groups excluding carboxylic acids is 2. The predicted molar refractivity (Wildman–Crippen MR) is 149 cm³/mol. The first kappa shape index (κ1) is 29.9. The van der Waals surface area contributed by atoms with Crippen molar-refractivity contribution in [1.82, 2.24) is 14.7 Å². The maximum atomic E-state index is 13.6. The molecule has 3 N–H and O–H groups in total. The monoisotopic (exact) mass is 560 g/mol. The van der Waals surface area contributed by atoms with E-state index < -0.39 is 23.8 Å². The Balaban J connectivity index is 1.60. The predicted octanol–water partition coefficient (Wildman–Crippen LogP) is 2.27. The minimum Gasteiger partial charge on any atom is -0.493 e. The summed E-state index contributed by atoms with van der Waals surface area (Å²) < 4.78 is 16.7. The van der Waals surface area contributed by atoms with Gasteiger partial charge in [-0.1, -0.05) is 13.3 Å². The Hall–Kier alpha value is -3.05. The number of fused-ring (bicyclic) bond motifs is 1. The number of carboxylic acid groups (broad SMARTS) is 1. The first-order valence-electron chi connectivity index (χ1n) is 14.6. The van der Waals surface area contributed by atoms with Crippen LogP contribution in [0.4, 0.5) is 0 Å². The van der Waals surface area contributed by atoms with Crippen LogP contribution in [0.2, 0.25) is 0 Å². The number of unbranched alkanes of at least 4 members (excludes halogenated alkanes) is 2. The van der Waals surface area contributed by atoms with E-state index in [0.29, 0.717) is 69.4 Å². The van der Waals surface area contributed by atoms with Crippen LogP contribution in [0.5, 0.6) is 17.2 Å². The third-order valence-electron chi connectivity index (χ3n) is 8.36. The SMILES string of the molecule is CCCCN(CCCCN)C(=O)CN1C[C@H](c2cc(OC)c3c(c2)OCO3)C(C(=O)O)[C@@H]1CCN1CCCC1=O. The Kier molecular flexibility index (Phi) is 10.5. The largest absolute Gasteiger partial charge is 0.493 e. The Morgan fingerprint density at radius 1 is 1.20 bits per heavy atom. The van der Waals surface area contributed by atoms with E-state index in [2.05, 4.69) is 6.92 Å². The van der Waals surface area contributed by atoms with Crippen LogP contribution in [0.1, 0.15) is 63.4 Å². The number of rotatable bonds is 15. The molecule has 3 aliphatic heterocycles. The zero-order valence-electron chi connectivity index (χ0n) is 23.8. The molecule has 222 valence electrons. The molecule has 3 heterocycles. The van der Waals surface area contributed by atoms with Crippen molar-refractivity contribution in [2.24, 2.45) is 11.7 Å².